The Labute approximate surface area is 74.9 Å². The summed E-state index contributed by atoms with van der Waals surface area (Å²) < 4.78 is 0. The van der Waals surface area contributed by atoms with Gasteiger partial charge in [0.2, 0.25) is 0 Å². The Bertz CT molecular complexity index is 249. The first-order chi connectivity index (χ1) is 5.58. The molecule has 0 bridgehead atoms. The normalized spacial score (nSPS) is 12.2. The Balaban J connectivity index is 2.71. The quantitative estimate of drug-likeness (QED) is 0.587. The van der Waals surface area contributed by atoms with Gasteiger partial charge >= 0.3 is 0 Å². The number of benzene rings is 1. The molecule has 0 N–H and O–H groups in total. The Hall–Kier alpha value is -1.04. The molecular formula is C12H16. The molecule has 0 nitrogen and oxygen atoms in total. The summed E-state index contributed by atoms with van der Waals surface area (Å²) in [6.07, 6.45) is 4.39. The van der Waals surface area contributed by atoms with E-state index < -0.39 is 0 Å². The molecule has 0 aliphatic heterocycles. The number of hydrogen-bond acceptors (Lipinski definition) is 0. The van der Waals surface area contributed by atoms with E-state index in [4.69, 9.17) is 0 Å². The molecule has 0 atom stereocenters. The summed E-state index contributed by atoms with van der Waals surface area (Å²) in [4.78, 5) is 0. The molecule has 64 valence electrons. The SMILES string of the molecule is CC(C)(C)/C=C/c1ccccc1. The van der Waals surface area contributed by atoms with Crippen molar-refractivity contribution >= 4 is 6.08 Å². The molecule has 1 rings (SSSR count). The Kier molecular flexibility index (Phi) is 2.69. The summed E-state index contributed by atoms with van der Waals surface area (Å²) >= 11 is 0. The first-order valence-electron chi connectivity index (χ1n) is 4.32. The minimum atomic E-state index is 0.274. The molecule has 0 aliphatic carbocycles. The standard InChI is InChI=1S/C12H16/c1-12(2,3)10-9-11-7-5-4-6-8-11/h4-10H,1-3H3/b10-9+. The molecule has 0 spiro atoms. The van der Waals surface area contributed by atoms with Crippen LogP contribution >= 0.6 is 0 Å². The monoisotopic (exact) mass is 160 g/mol. The van der Waals surface area contributed by atoms with Crippen molar-refractivity contribution < 1.29 is 0 Å². The fourth-order valence-electron chi connectivity index (χ4n) is 0.910. The van der Waals surface area contributed by atoms with E-state index >= 15 is 0 Å². The first kappa shape index (κ1) is 9.05. The van der Waals surface area contributed by atoms with Crippen LogP contribution in [0.5, 0.6) is 0 Å². The predicted molar refractivity (Wildman–Crippen MR) is 54.9 cm³/mol. The van der Waals surface area contributed by atoms with E-state index in [2.05, 4.69) is 57.2 Å². The lowest BCUT2D eigenvalue weighted by atomic mass is 9.95. The van der Waals surface area contributed by atoms with Crippen molar-refractivity contribution in [1.29, 1.82) is 0 Å². The third kappa shape index (κ3) is 3.38. The van der Waals surface area contributed by atoms with Gasteiger partial charge in [0.05, 0.1) is 0 Å². The summed E-state index contributed by atoms with van der Waals surface area (Å²) in [6, 6.07) is 10.4. The van der Waals surface area contributed by atoms with Gasteiger partial charge in [-0.1, -0.05) is 63.3 Å². The smallest absolute Gasteiger partial charge is 0.0200 e. The second-order valence-corrected chi connectivity index (χ2v) is 4.11. The zero-order valence-corrected chi connectivity index (χ0v) is 8.04. The molecule has 0 heteroatoms. The van der Waals surface area contributed by atoms with E-state index in [9.17, 15) is 0 Å². The van der Waals surface area contributed by atoms with Crippen LogP contribution < -0.4 is 0 Å². The van der Waals surface area contributed by atoms with Crippen LogP contribution in [0.1, 0.15) is 26.3 Å². The highest BCUT2D eigenvalue weighted by Gasteiger charge is 2.02. The van der Waals surface area contributed by atoms with Crippen LogP contribution in [0.3, 0.4) is 0 Å². The summed E-state index contributed by atoms with van der Waals surface area (Å²) in [6.45, 7) is 6.60. The molecule has 0 unspecified atom stereocenters. The molecule has 12 heavy (non-hydrogen) atoms. The highest BCUT2D eigenvalue weighted by atomic mass is 14.1. The third-order valence-corrected chi connectivity index (χ3v) is 1.58. The van der Waals surface area contributed by atoms with Gasteiger partial charge in [-0.25, -0.2) is 0 Å². The van der Waals surface area contributed by atoms with E-state index in [1.54, 1.807) is 0 Å². The molecule has 0 fully saturated rings. The lowest BCUT2D eigenvalue weighted by Crippen LogP contribution is -1.97. The second kappa shape index (κ2) is 3.57. The number of rotatable bonds is 1. The fraction of sp³-hybridized carbons (Fsp3) is 0.333. The van der Waals surface area contributed by atoms with E-state index in [0.29, 0.717) is 0 Å². The largest absolute Gasteiger partial charge is 0.0785 e. The van der Waals surface area contributed by atoms with Gasteiger partial charge in [0.1, 0.15) is 0 Å². The van der Waals surface area contributed by atoms with Crippen molar-refractivity contribution in [3.8, 4) is 0 Å². The van der Waals surface area contributed by atoms with Gasteiger partial charge in [0.15, 0.2) is 0 Å². The molecule has 1 aromatic carbocycles. The molecule has 0 saturated carbocycles. The molecule has 0 aliphatic rings. The molecule has 0 saturated heterocycles. The third-order valence-electron chi connectivity index (χ3n) is 1.58. The van der Waals surface area contributed by atoms with Crippen molar-refractivity contribution in [3.63, 3.8) is 0 Å². The van der Waals surface area contributed by atoms with E-state index in [0.717, 1.165) is 0 Å². The van der Waals surface area contributed by atoms with Crippen LogP contribution in [0.15, 0.2) is 36.4 Å². The summed E-state index contributed by atoms with van der Waals surface area (Å²) in [7, 11) is 0. The predicted octanol–water partition coefficient (Wildman–Crippen LogP) is 3.75. The van der Waals surface area contributed by atoms with Gasteiger partial charge in [-0.3, -0.25) is 0 Å². The minimum Gasteiger partial charge on any atom is -0.0785 e. The van der Waals surface area contributed by atoms with Crippen LogP contribution in [0, 0.1) is 5.41 Å². The highest BCUT2D eigenvalue weighted by Crippen LogP contribution is 2.16. The van der Waals surface area contributed by atoms with Crippen molar-refractivity contribution in [3.05, 3.63) is 42.0 Å². The summed E-state index contributed by atoms with van der Waals surface area (Å²) in [5.74, 6) is 0. The van der Waals surface area contributed by atoms with Gasteiger partial charge in [0.25, 0.3) is 0 Å². The number of hydrogen-bond donors (Lipinski definition) is 0. The zero-order valence-electron chi connectivity index (χ0n) is 8.04. The van der Waals surface area contributed by atoms with Crippen molar-refractivity contribution in [2.45, 2.75) is 20.8 Å². The maximum Gasteiger partial charge on any atom is -0.0200 e. The lowest BCUT2D eigenvalue weighted by molar-refractivity contribution is 0.547. The minimum absolute atomic E-state index is 0.274. The molecular weight excluding hydrogens is 144 g/mol. The van der Waals surface area contributed by atoms with Gasteiger partial charge in [-0.05, 0) is 11.0 Å². The van der Waals surface area contributed by atoms with Gasteiger partial charge in [-0.15, -0.1) is 0 Å². The van der Waals surface area contributed by atoms with Gasteiger partial charge < -0.3 is 0 Å². The zero-order chi connectivity index (χ0) is 9.03. The summed E-state index contributed by atoms with van der Waals surface area (Å²) in [5.41, 5.74) is 1.54. The van der Waals surface area contributed by atoms with Crippen LogP contribution in [-0.4, -0.2) is 0 Å². The highest BCUT2D eigenvalue weighted by molar-refractivity contribution is 5.49. The van der Waals surface area contributed by atoms with Crippen LogP contribution in [0.2, 0.25) is 0 Å². The van der Waals surface area contributed by atoms with Crippen LogP contribution in [-0.2, 0) is 0 Å². The molecule has 0 heterocycles. The van der Waals surface area contributed by atoms with Crippen LogP contribution in [0.25, 0.3) is 6.08 Å². The maximum atomic E-state index is 2.22. The molecule has 0 radical (unpaired) electrons. The Morgan fingerprint density at radius 3 is 2.08 bits per heavy atom. The van der Waals surface area contributed by atoms with Gasteiger partial charge in [-0.2, -0.15) is 0 Å². The average Bonchev–Trinajstić information content (AvgIpc) is 2.02. The van der Waals surface area contributed by atoms with E-state index in [1.165, 1.54) is 5.56 Å². The average molecular weight is 160 g/mol. The lowest BCUT2D eigenvalue weighted by Gasteiger charge is -2.10. The van der Waals surface area contributed by atoms with E-state index in [1.807, 2.05) is 6.07 Å². The first-order valence-corrected chi connectivity index (χ1v) is 4.32. The topological polar surface area (TPSA) is 0 Å². The molecule has 1 aromatic rings. The number of allylic oxidation sites excluding steroid dienone is 1. The second-order valence-electron chi connectivity index (χ2n) is 4.11. The van der Waals surface area contributed by atoms with E-state index in [-0.39, 0.29) is 5.41 Å². The fourth-order valence-corrected chi connectivity index (χ4v) is 0.910. The molecule has 0 aromatic heterocycles. The molecule has 0 amide bonds. The van der Waals surface area contributed by atoms with Crippen molar-refractivity contribution in [2.75, 3.05) is 0 Å². The summed E-state index contributed by atoms with van der Waals surface area (Å²) in [5, 5.41) is 0. The maximum absolute atomic E-state index is 2.22. The van der Waals surface area contributed by atoms with Gasteiger partial charge in [0, 0.05) is 0 Å². The Morgan fingerprint density at radius 2 is 1.58 bits per heavy atom. The van der Waals surface area contributed by atoms with Crippen LogP contribution in [0.4, 0.5) is 0 Å². The van der Waals surface area contributed by atoms with Crippen molar-refractivity contribution in [1.82, 2.24) is 0 Å². The van der Waals surface area contributed by atoms with Crippen molar-refractivity contribution in [2.24, 2.45) is 5.41 Å². The Morgan fingerprint density at radius 1 is 1.00 bits per heavy atom.